The molecule has 0 N–H and O–H groups in total. The van der Waals surface area contributed by atoms with Crippen molar-refractivity contribution in [3.63, 3.8) is 0 Å². The van der Waals surface area contributed by atoms with Crippen molar-refractivity contribution in [1.29, 1.82) is 0 Å². The maximum Gasteiger partial charge on any atom is 0.352 e. The van der Waals surface area contributed by atoms with E-state index in [1.54, 1.807) is 0 Å². The van der Waals surface area contributed by atoms with Crippen LogP contribution in [0, 0.1) is 0 Å². The van der Waals surface area contributed by atoms with E-state index in [4.69, 9.17) is 23.2 Å². The molecule has 0 amide bonds. The molecule has 0 unspecified atom stereocenters. The van der Waals surface area contributed by atoms with E-state index in [0.29, 0.717) is 0 Å². The highest BCUT2D eigenvalue weighted by Gasteiger charge is 2.27. The normalized spacial score (nSPS) is 12.7. The van der Waals surface area contributed by atoms with Gasteiger partial charge < -0.3 is 0 Å². The number of halogens is 2. The Hall–Kier alpha value is 0.700. The molecule has 4 nitrogen and oxygen atoms in total. The van der Waals surface area contributed by atoms with Crippen LogP contribution in [0.15, 0.2) is 0 Å². The Bertz CT molecular complexity index is 103. The number of rotatable bonds is 4. The first-order valence-corrected chi connectivity index (χ1v) is 3.73. The summed E-state index contributed by atoms with van der Waals surface area (Å²) in [5.41, 5.74) is 0. The van der Waals surface area contributed by atoms with Crippen LogP contribution in [0.5, 0.6) is 0 Å². The summed E-state index contributed by atoms with van der Waals surface area (Å²) in [6, 6.07) is 0. The molecule has 0 saturated heterocycles. The van der Waals surface area contributed by atoms with Crippen LogP contribution >= 0.6 is 40.6 Å². The fourth-order valence-electron chi connectivity index (χ4n) is 0.103. The lowest BCUT2D eigenvalue weighted by Gasteiger charge is -2.08. The number of hydrogen-bond donors (Lipinski definition) is 0. The molecule has 0 aromatic heterocycles. The molecule has 0 rings (SSSR count). The maximum absolute atomic E-state index is 9.62. The second-order valence-electron chi connectivity index (χ2n) is 0.795. The van der Waals surface area contributed by atoms with E-state index in [2.05, 4.69) is 9.05 Å². The summed E-state index contributed by atoms with van der Waals surface area (Å²) in [4.78, 5) is 0. The van der Waals surface area contributed by atoms with Crippen LogP contribution in [0.2, 0.25) is 0 Å². The summed E-state index contributed by atoms with van der Waals surface area (Å²) in [6.07, 6.45) is 0. The van der Waals surface area contributed by atoms with Crippen LogP contribution in [0.1, 0.15) is 0 Å². The summed E-state index contributed by atoms with van der Waals surface area (Å²) in [5, 5.41) is 0. The number of alkyl halides is 2. The van der Waals surface area contributed by atoms with Crippen LogP contribution in [0.25, 0.3) is 0 Å². The minimum Gasteiger partial charge on any atom is -0.240 e. The molecule has 0 aliphatic carbocycles. The van der Waals surface area contributed by atoms with Gasteiger partial charge in [-0.05, 0) is 23.2 Å². The lowest BCUT2D eigenvalue weighted by Crippen LogP contribution is -2.11. The SMILES string of the molecule is O=POC(Cl)(Cl)OP=O. The molecule has 0 aliphatic heterocycles. The molecule has 0 radical (unpaired) electrons. The molecule has 0 aliphatic rings. The quantitative estimate of drug-likeness (QED) is 0.405. The molecule has 0 aromatic rings. The second kappa shape index (κ2) is 4.51. The van der Waals surface area contributed by atoms with Crippen molar-refractivity contribution in [3.8, 4) is 0 Å². The molecule has 0 saturated carbocycles. The molecule has 0 spiro atoms. The molecule has 9 heavy (non-hydrogen) atoms. The van der Waals surface area contributed by atoms with Crippen molar-refractivity contribution in [1.82, 2.24) is 0 Å². The van der Waals surface area contributed by atoms with Gasteiger partial charge in [-0.1, -0.05) is 0 Å². The molecule has 8 heteroatoms. The summed E-state index contributed by atoms with van der Waals surface area (Å²) in [5.74, 6) is 0. The van der Waals surface area contributed by atoms with Crippen LogP contribution in [0.4, 0.5) is 0 Å². The average Bonchev–Trinajstić information content (AvgIpc) is 1.64. The predicted octanol–water partition coefficient (Wildman–Crippen LogP) is 2.52. The Morgan fingerprint density at radius 3 is 1.67 bits per heavy atom. The summed E-state index contributed by atoms with van der Waals surface area (Å²) in [7, 11) is -1.50. The second-order valence-corrected chi connectivity index (χ2v) is 2.65. The summed E-state index contributed by atoms with van der Waals surface area (Å²) >= 11 is 10.1. The van der Waals surface area contributed by atoms with Gasteiger partial charge in [0.1, 0.15) is 0 Å². The minimum atomic E-state index is -2.10. The van der Waals surface area contributed by atoms with Gasteiger partial charge in [0, 0.05) is 0 Å². The van der Waals surface area contributed by atoms with E-state index in [9.17, 15) is 9.13 Å². The molecule has 0 bridgehead atoms. The topological polar surface area (TPSA) is 52.6 Å². The van der Waals surface area contributed by atoms with Gasteiger partial charge in [0.05, 0.1) is 0 Å². The molecule has 0 atom stereocenters. The Kier molecular flexibility index (Phi) is 4.86. The highest BCUT2D eigenvalue weighted by Crippen LogP contribution is 2.31. The van der Waals surface area contributed by atoms with Crippen molar-refractivity contribution in [2.45, 2.75) is 4.71 Å². The van der Waals surface area contributed by atoms with Gasteiger partial charge in [0.25, 0.3) is 0 Å². The zero-order valence-electron chi connectivity index (χ0n) is 3.78. The first kappa shape index (κ1) is 9.70. The van der Waals surface area contributed by atoms with Crippen LogP contribution in [-0.2, 0) is 18.2 Å². The first-order chi connectivity index (χ1) is 4.12. The fourth-order valence-corrected chi connectivity index (χ4v) is 0.748. The third-order valence-corrected chi connectivity index (χ3v) is 1.69. The molecule has 52 valence electrons. The Morgan fingerprint density at radius 1 is 1.11 bits per heavy atom. The van der Waals surface area contributed by atoms with Gasteiger partial charge in [0.2, 0.25) is 0 Å². The lowest BCUT2D eigenvalue weighted by molar-refractivity contribution is 0.0614. The highest BCUT2D eigenvalue weighted by molar-refractivity contribution is 7.18. The molecule has 0 aromatic carbocycles. The van der Waals surface area contributed by atoms with Crippen molar-refractivity contribution in [2.75, 3.05) is 0 Å². The Morgan fingerprint density at radius 2 is 1.44 bits per heavy atom. The van der Waals surface area contributed by atoms with Crippen LogP contribution < -0.4 is 0 Å². The third-order valence-electron chi connectivity index (χ3n) is 0.287. The average molecular weight is 209 g/mol. The molecule has 0 fully saturated rings. The predicted molar refractivity (Wildman–Crippen MR) is 31.8 cm³/mol. The van der Waals surface area contributed by atoms with E-state index in [0.717, 1.165) is 0 Å². The highest BCUT2D eigenvalue weighted by atomic mass is 35.5. The lowest BCUT2D eigenvalue weighted by atomic mass is 11.5. The minimum absolute atomic E-state index is 0.748. The van der Waals surface area contributed by atoms with E-state index in [1.165, 1.54) is 0 Å². The summed E-state index contributed by atoms with van der Waals surface area (Å²) < 4.78 is 25.1. The Labute approximate surface area is 64.0 Å². The van der Waals surface area contributed by atoms with E-state index >= 15 is 0 Å². The summed E-state index contributed by atoms with van der Waals surface area (Å²) in [6.45, 7) is 0. The zero-order valence-corrected chi connectivity index (χ0v) is 7.08. The number of hydrogen-bond acceptors (Lipinski definition) is 4. The van der Waals surface area contributed by atoms with E-state index < -0.39 is 22.1 Å². The molecule has 0 heterocycles. The largest absolute Gasteiger partial charge is 0.352 e. The van der Waals surface area contributed by atoms with Crippen LogP contribution in [-0.4, -0.2) is 4.71 Å². The third kappa shape index (κ3) is 5.16. The van der Waals surface area contributed by atoms with Crippen molar-refractivity contribution in [2.24, 2.45) is 0 Å². The molecular weight excluding hydrogens is 209 g/mol. The van der Waals surface area contributed by atoms with Gasteiger partial charge in [-0.15, -0.1) is 0 Å². The first-order valence-electron chi connectivity index (χ1n) is 1.52. The van der Waals surface area contributed by atoms with Gasteiger partial charge in [-0.2, -0.15) is 0 Å². The van der Waals surface area contributed by atoms with Crippen molar-refractivity contribution in [3.05, 3.63) is 0 Å². The van der Waals surface area contributed by atoms with Gasteiger partial charge in [-0.3, -0.25) is 0 Å². The fraction of sp³-hybridized carbons (Fsp3) is 1.00. The zero-order chi connectivity index (χ0) is 7.33. The van der Waals surface area contributed by atoms with Crippen LogP contribution in [0.3, 0.4) is 0 Å². The standard InChI is InChI=1S/CCl2O4P2/c2-1(3,6-8-4)7-9-5. The monoisotopic (exact) mass is 208 g/mol. The van der Waals surface area contributed by atoms with E-state index in [-0.39, 0.29) is 0 Å². The Balaban J connectivity index is 3.68. The van der Waals surface area contributed by atoms with Gasteiger partial charge >= 0.3 is 22.1 Å². The maximum atomic E-state index is 9.62. The van der Waals surface area contributed by atoms with Crippen molar-refractivity contribution < 1.29 is 18.2 Å². The van der Waals surface area contributed by atoms with E-state index in [1.807, 2.05) is 0 Å². The van der Waals surface area contributed by atoms with Gasteiger partial charge in [-0.25, -0.2) is 18.2 Å². The smallest absolute Gasteiger partial charge is 0.240 e. The van der Waals surface area contributed by atoms with Crippen molar-refractivity contribution >= 4 is 40.6 Å². The molecular formula is CCl2O4P2. The van der Waals surface area contributed by atoms with Gasteiger partial charge in [0.15, 0.2) is 0 Å².